The van der Waals surface area contributed by atoms with E-state index in [-0.39, 0.29) is 5.82 Å². The molecule has 0 fully saturated rings. The molecule has 0 spiro atoms. The Balaban J connectivity index is 1.98. The van der Waals surface area contributed by atoms with Crippen LogP contribution in [0.25, 0.3) is 0 Å². The van der Waals surface area contributed by atoms with Gasteiger partial charge in [0.1, 0.15) is 11.6 Å². The summed E-state index contributed by atoms with van der Waals surface area (Å²) in [5.41, 5.74) is 9.78. The van der Waals surface area contributed by atoms with Crippen LogP contribution in [-0.2, 0) is 6.42 Å². The summed E-state index contributed by atoms with van der Waals surface area (Å²) in [5, 5.41) is 0. The van der Waals surface area contributed by atoms with Gasteiger partial charge in [-0.1, -0.05) is 19.1 Å². The van der Waals surface area contributed by atoms with Crippen LogP contribution in [0.15, 0.2) is 36.4 Å². The van der Waals surface area contributed by atoms with Gasteiger partial charge in [0.2, 0.25) is 0 Å². The highest BCUT2D eigenvalue weighted by Gasteiger charge is 2.23. The third-order valence-electron chi connectivity index (χ3n) is 3.74. The van der Waals surface area contributed by atoms with E-state index in [1.165, 1.54) is 6.07 Å². The van der Waals surface area contributed by atoms with E-state index in [1.54, 1.807) is 6.07 Å². The number of nitrogens with two attached hydrogens (primary N) is 1. The van der Waals surface area contributed by atoms with E-state index < -0.39 is 0 Å². The molecule has 0 amide bonds. The number of nitrogen functional groups attached to an aromatic ring is 1. The van der Waals surface area contributed by atoms with Crippen LogP contribution in [-0.4, -0.2) is 13.2 Å². The van der Waals surface area contributed by atoms with Gasteiger partial charge in [0.05, 0.1) is 18.0 Å². The van der Waals surface area contributed by atoms with Gasteiger partial charge >= 0.3 is 0 Å². The Morgan fingerprint density at radius 3 is 2.90 bits per heavy atom. The van der Waals surface area contributed by atoms with Gasteiger partial charge in [-0.2, -0.15) is 0 Å². The molecule has 0 unspecified atom stereocenters. The number of nitrogens with zero attached hydrogens (tertiary/aromatic N) is 1. The predicted octanol–water partition coefficient (Wildman–Crippen LogP) is 3.89. The maximum absolute atomic E-state index is 13.5. The van der Waals surface area contributed by atoms with Crippen molar-refractivity contribution >= 4 is 17.1 Å². The first-order valence-corrected chi connectivity index (χ1v) is 7.28. The zero-order valence-electron chi connectivity index (χ0n) is 12.1. The van der Waals surface area contributed by atoms with Crippen LogP contribution < -0.4 is 15.4 Å². The van der Waals surface area contributed by atoms with E-state index in [0.29, 0.717) is 18.0 Å². The lowest BCUT2D eigenvalue weighted by atomic mass is 10.1. The maximum Gasteiger partial charge on any atom is 0.144 e. The molecule has 0 aliphatic carbocycles. The fourth-order valence-corrected chi connectivity index (χ4v) is 2.71. The normalized spacial score (nSPS) is 13.3. The van der Waals surface area contributed by atoms with E-state index in [0.717, 1.165) is 36.3 Å². The monoisotopic (exact) mass is 286 g/mol. The molecule has 1 aliphatic rings. The second kappa shape index (κ2) is 5.64. The highest BCUT2D eigenvalue weighted by Crippen LogP contribution is 2.40. The minimum atomic E-state index is -0.224. The molecule has 110 valence electrons. The van der Waals surface area contributed by atoms with Crippen LogP contribution in [0.2, 0.25) is 0 Å². The molecule has 0 saturated heterocycles. The summed E-state index contributed by atoms with van der Waals surface area (Å²) in [5.74, 6) is 0.469. The molecular weight excluding hydrogens is 267 g/mol. The SMILES string of the molecule is CCCOc1cccc(N2CCc3ccc(F)cc32)c1N. The zero-order valence-corrected chi connectivity index (χ0v) is 12.1. The number of hydrogen-bond acceptors (Lipinski definition) is 3. The maximum atomic E-state index is 13.5. The van der Waals surface area contributed by atoms with E-state index in [1.807, 2.05) is 24.3 Å². The minimum Gasteiger partial charge on any atom is -0.491 e. The molecule has 21 heavy (non-hydrogen) atoms. The van der Waals surface area contributed by atoms with Gasteiger partial charge < -0.3 is 15.4 Å². The number of rotatable bonds is 4. The number of ether oxygens (including phenoxy) is 1. The van der Waals surface area contributed by atoms with Crippen molar-refractivity contribution in [1.82, 2.24) is 0 Å². The highest BCUT2D eigenvalue weighted by molar-refractivity contribution is 5.81. The third kappa shape index (κ3) is 2.53. The summed E-state index contributed by atoms with van der Waals surface area (Å²) in [4.78, 5) is 2.06. The lowest BCUT2D eigenvalue weighted by Crippen LogP contribution is -2.15. The Morgan fingerprint density at radius 1 is 1.24 bits per heavy atom. The lowest BCUT2D eigenvalue weighted by Gasteiger charge is -2.22. The molecule has 0 radical (unpaired) electrons. The van der Waals surface area contributed by atoms with Crippen molar-refractivity contribution in [3.63, 3.8) is 0 Å². The number of fused-ring (bicyclic) bond motifs is 1. The summed E-state index contributed by atoms with van der Waals surface area (Å²) in [7, 11) is 0. The molecule has 0 saturated carbocycles. The topological polar surface area (TPSA) is 38.5 Å². The Kier molecular flexibility index (Phi) is 3.69. The van der Waals surface area contributed by atoms with E-state index in [9.17, 15) is 4.39 Å². The number of halogens is 1. The lowest BCUT2D eigenvalue weighted by molar-refractivity contribution is 0.319. The first-order valence-electron chi connectivity index (χ1n) is 7.28. The van der Waals surface area contributed by atoms with Gasteiger partial charge in [-0.15, -0.1) is 0 Å². The molecule has 1 heterocycles. The summed E-state index contributed by atoms with van der Waals surface area (Å²) >= 11 is 0. The van der Waals surface area contributed by atoms with Gasteiger partial charge in [-0.25, -0.2) is 4.39 Å². The van der Waals surface area contributed by atoms with Crippen LogP contribution in [0.4, 0.5) is 21.5 Å². The average molecular weight is 286 g/mol. The first-order chi connectivity index (χ1) is 10.2. The Bertz CT molecular complexity index is 657. The zero-order chi connectivity index (χ0) is 14.8. The summed E-state index contributed by atoms with van der Waals surface area (Å²) in [6, 6.07) is 10.7. The quantitative estimate of drug-likeness (QED) is 0.867. The van der Waals surface area contributed by atoms with Crippen LogP contribution in [0, 0.1) is 5.82 Å². The highest BCUT2D eigenvalue weighted by atomic mass is 19.1. The summed E-state index contributed by atoms with van der Waals surface area (Å²) < 4.78 is 19.2. The summed E-state index contributed by atoms with van der Waals surface area (Å²) in [6.45, 7) is 3.50. The molecule has 0 bridgehead atoms. The third-order valence-corrected chi connectivity index (χ3v) is 3.74. The largest absolute Gasteiger partial charge is 0.491 e. The molecule has 3 rings (SSSR count). The standard InChI is InChI=1S/C17H19FN2O/c1-2-10-21-16-5-3-4-14(17(16)19)20-9-8-12-6-7-13(18)11-15(12)20/h3-7,11H,2,8-10,19H2,1H3. The molecule has 1 aliphatic heterocycles. The minimum absolute atomic E-state index is 0.224. The fraction of sp³-hybridized carbons (Fsp3) is 0.294. The van der Waals surface area contributed by atoms with Gasteiger partial charge in [0.25, 0.3) is 0 Å². The van der Waals surface area contributed by atoms with Gasteiger partial charge in [-0.3, -0.25) is 0 Å². The van der Waals surface area contributed by atoms with Crippen molar-refractivity contribution in [3.05, 3.63) is 47.8 Å². The molecule has 4 heteroatoms. The summed E-state index contributed by atoms with van der Waals surface area (Å²) in [6.07, 6.45) is 1.83. The van der Waals surface area contributed by atoms with Gasteiger partial charge in [0, 0.05) is 12.2 Å². The van der Waals surface area contributed by atoms with Crippen molar-refractivity contribution in [3.8, 4) is 5.75 Å². The molecule has 3 nitrogen and oxygen atoms in total. The van der Waals surface area contributed by atoms with Crippen molar-refractivity contribution in [2.24, 2.45) is 0 Å². The molecular formula is C17H19FN2O. The number of benzene rings is 2. The smallest absolute Gasteiger partial charge is 0.144 e. The Labute approximate surface area is 124 Å². The Hall–Kier alpha value is -2.23. The van der Waals surface area contributed by atoms with Crippen LogP contribution in [0.5, 0.6) is 5.75 Å². The van der Waals surface area contributed by atoms with E-state index in [2.05, 4.69) is 11.8 Å². The van der Waals surface area contributed by atoms with Crippen molar-refractivity contribution in [1.29, 1.82) is 0 Å². The van der Waals surface area contributed by atoms with Crippen molar-refractivity contribution in [2.75, 3.05) is 23.8 Å². The molecule has 2 aromatic rings. The van der Waals surface area contributed by atoms with E-state index >= 15 is 0 Å². The predicted molar refractivity (Wildman–Crippen MR) is 83.8 cm³/mol. The second-order valence-electron chi connectivity index (χ2n) is 5.21. The second-order valence-corrected chi connectivity index (χ2v) is 5.21. The van der Waals surface area contributed by atoms with Crippen LogP contribution in [0.3, 0.4) is 0 Å². The van der Waals surface area contributed by atoms with Crippen molar-refractivity contribution < 1.29 is 9.13 Å². The van der Waals surface area contributed by atoms with Gasteiger partial charge in [-0.05, 0) is 42.7 Å². The molecule has 0 aromatic heterocycles. The number of hydrogen-bond donors (Lipinski definition) is 1. The molecule has 2 aromatic carbocycles. The fourth-order valence-electron chi connectivity index (χ4n) is 2.71. The molecule has 2 N–H and O–H groups in total. The number of anilines is 3. The van der Waals surface area contributed by atoms with Gasteiger partial charge in [0.15, 0.2) is 0 Å². The number of para-hydroxylation sites is 1. The first kappa shape index (κ1) is 13.7. The van der Waals surface area contributed by atoms with Crippen molar-refractivity contribution in [2.45, 2.75) is 19.8 Å². The van der Waals surface area contributed by atoms with Crippen LogP contribution >= 0.6 is 0 Å². The molecule has 0 atom stereocenters. The van der Waals surface area contributed by atoms with E-state index in [4.69, 9.17) is 10.5 Å². The van der Waals surface area contributed by atoms with Crippen LogP contribution in [0.1, 0.15) is 18.9 Å². The Morgan fingerprint density at radius 2 is 2.10 bits per heavy atom. The average Bonchev–Trinajstić information content (AvgIpc) is 2.89.